The minimum atomic E-state index is 0.642. The summed E-state index contributed by atoms with van der Waals surface area (Å²) in [4.78, 5) is 11.2. The highest BCUT2D eigenvalue weighted by Crippen LogP contribution is 2.17. The summed E-state index contributed by atoms with van der Waals surface area (Å²) in [5, 5.41) is 6.49. The van der Waals surface area contributed by atoms with Crippen LogP contribution < -0.4 is 10.6 Å². The lowest BCUT2D eigenvalue weighted by molar-refractivity contribution is 0.277. The van der Waals surface area contributed by atoms with Gasteiger partial charge in [0.05, 0.1) is 0 Å². The Hall–Kier alpha value is -1.36. The molecule has 0 radical (unpaired) electrons. The first-order valence-corrected chi connectivity index (χ1v) is 6.74. The fourth-order valence-corrected chi connectivity index (χ4v) is 2.55. The van der Waals surface area contributed by atoms with E-state index < -0.39 is 0 Å². The first kappa shape index (κ1) is 13.1. The first-order valence-electron chi connectivity index (χ1n) is 6.74. The minimum Gasteiger partial charge on any atom is -0.373 e. The van der Waals surface area contributed by atoms with Gasteiger partial charge >= 0.3 is 0 Å². The Morgan fingerprint density at radius 1 is 1.39 bits per heavy atom. The number of likely N-dealkylation sites (N-methyl/N-ethyl adjacent to an activating group) is 1. The zero-order valence-electron chi connectivity index (χ0n) is 11.5. The molecule has 1 aromatic heterocycles. The Morgan fingerprint density at radius 2 is 2.17 bits per heavy atom. The molecule has 0 spiro atoms. The van der Waals surface area contributed by atoms with E-state index in [-0.39, 0.29) is 0 Å². The molecule has 1 atom stereocenters. The van der Waals surface area contributed by atoms with Crippen LogP contribution in [0.15, 0.2) is 6.07 Å². The van der Waals surface area contributed by atoms with Gasteiger partial charge in [0.25, 0.3) is 0 Å². The average molecular weight is 249 g/mol. The Morgan fingerprint density at radius 3 is 2.89 bits per heavy atom. The molecule has 5 heteroatoms. The predicted molar refractivity (Wildman–Crippen MR) is 75.1 cm³/mol. The molecule has 1 fully saturated rings. The first-order chi connectivity index (χ1) is 8.72. The van der Waals surface area contributed by atoms with E-state index in [4.69, 9.17) is 0 Å². The van der Waals surface area contributed by atoms with Crippen molar-refractivity contribution in [1.29, 1.82) is 0 Å². The molecule has 1 aromatic rings. The number of aromatic nitrogens is 2. The molecular weight excluding hydrogens is 226 g/mol. The Labute approximate surface area is 109 Å². The van der Waals surface area contributed by atoms with Crippen LogP contribution in [0.25, 0.3) is 0 Å². The maximum atomic E-state index is 4.41. The smallest absolute Gasteiger partial charge is 0.131 e. The fourth-order valence-electron chi connectivity index (χ4n) is 2.55. The second-order valence-corrected chi connectivity index (χ2v) is 4.74. The topological polar surface area (TPSA) is 53.1 Å². The number of nitrogens with one attached hydrogen (secondary N) is 2. The van der Waals surface area contributed by atoms with Gasteiger partial charge in [-0.25, -0.2) is 9.97 Å². The SMILES string of the molecule is CCN1CCCC1CNc1cc(NC)nc(C)n1. The normalized spacial score (nSPS) is 20.1. The van der Waals surface area contributed by atoms with Crippen molar-refractivity contribution in [3.63, 3.8) is 0 Å². The fraction of sp³-hybridized carbons (Fsp3) is 0.692. The van der Waals surface area contributed by atoms with Crippen molar-refractivity contribution in [3.8, 4) is 0 Å². The average Bonchev–Trinajstić information content (AvgIpc) is 2.83. The van der Waals surface area contributed by atoms with E-state index in [1.807, 2.05) is 20.0 Å². The van der Waals surface area contributed by atoms with Crippen LogP contribution in [0.3, 0.4) is 0 Å². The molecule has 0 bridgehead atoms. The zero-order valence-corrected chi connectivity index (χ0v) is 11.5. The molecule has 1 aliphatic heterocycles. The van der Waals surface area contributed by atoms with Crippen LogP contribution in [-0.2, 0) is 0 Å². The van der Waals surface area contributed by atoms with Crippen molar-refractivity contribution < 1.29 is 0 Å². The number of likely N-dealkylation sites (tertiary alicyclic amines) is 1. The summed E-state index contributed by atoms with van der Waals surface area (Å²) in [6.45, 7) is 7.48. The van der Waals surface area contributed by atoms with Crippen LogP contribution in [0.4, 0.5) is 11.6 Å². The summed E-state index contributed by atoms with van der Waals surface area (Å²) in [6, 6.07) is 2.60. The zero-order chi connectivity index (χ0) is 13.0. The molecule has 100 valence electrons. The lowest BCUT2D eigenvalue weighted by Crippen LogP contribution is -2.34. The van der Waals surface area contributed by atoms with Crippen molar-refractivity contribution in [3.05, 3.63) is 11.9 Å². The van der Waals surface area contributed by atoms with Gasteiger partial charge in [0.1, 0.15) is 17.5 Å². The maximum absolute atomic E-state index is 4.41. The number of hydrogen-bond acceptors (Lipinski definition) is 5. The molecule has 1 aliphatic rings. The van der Waals surface area contributed by atoms with E-state index in [9.17, 15) is 0 Å². The van der Waals surface area contributed by atoms with Gasteiger partial charge in [-0.15, -0.1) is 0 Å². The standard InChI is InChI=1S/C13H23N5/c1-4-18-7-5-6-11(18)9-15-13-8-12(14-3)16-10(2)17-13/h8,11H,4-7,9H2,1-3H3,(H2,14,15,16,17). The number of aryl methyl sites for hydroxylation is 1. The van der Waals surface area contributed by atoms with E-state index in [2.05, 4.69) is 32.4 Å². The quantitative estimate of drug-likeness (QED) is 0.832. The van der Waals surface area contributed by atoms with Crippen molar-refractivity contribution in [2.24, 2.45) is 0 Å². The summed E-state index contributed by atoms with van der Waals surface area (Å²) in [5.74, 6) is 2.57. The van der Waals surface area contributed by atoms with Gasteiger partial charge in [-0.1, -0.05) is 6.92 Å². The monoisotopic (exact) mass is 249 g/mol. The second kappa shape index (κ2) is 6.00. The van der Waals surface area contributed by atoms with Crippen molar-refractivity contribution >= 4 is 11.6 Å². The van der Waals surface area contributed by atoms with Gasteiger partial charge in [0.2, 0.25) is 0 Å². The summed E-state index contributed by atoms with van der Waals surface area (Å²) in [7, 11) is 1.88. The number of anilines is 2. The van der Waals surface area contributed by atoms with Gasteiger partial charge in [-0.3, -0.25) is 4.90 Å². The van der Waals surface area contributed by atoms with Crippen LogP contribution in [0, 0.1) is 6.92 Å². The van der Waals surface area contributed by atoms with Gasteiger partial charge in [-0.05, 0) is 32.9 Å². The molecule has 1 saturated heterocycles. The van der Waals surface area contributed by atoms with Crippen LogP contribution in [0.2, 0.25) is 0 Å². The van der Waals surface area contributed by atoms with Crippen molar-refractivity contribution in [2.75, 3.05) is 37.3 Å². The van der Waals surface area contributed by atoms with Crippen LogP contribution in [0.5, 0.6) is 0 Å². The molecule has 5 nitrogen and oxygen atoms in total. The van der Waals surface area contributed by atoms with E-state index in [1.165, 1.54) is 19.4 Å². The molecule has 2 heterocycles. The Kier molecular flexibility index (Phi) is 4.36. The van der Waals surface area contributed by atoms with Crippen molar-refractivity contribution in [1.82, 2.24) is 14.9 Å². The molecule has 18 heavy (non-hydrogen) atoms. The highest BCUT2D eigenvalue weighted by atomic mass is 15.2. The Bertz CT molecular complexity index is 393. The third kappa shape index (κ3) is 3.10. The Balaban J connectivity index is 1.95. The molecule has 0 saturated carbocycles. The minimum absolute atomic E-state index is 0.642. The largest absolute Gasteiger partial charge is 0.373 e. The van der Waals surface area contributed by atoms with Gasteiger partial charge in [0.15, 0.2) is 0 Å². The van der Waals surface area contributed by atoms with Crippen LogP contribution in [-0.4, -0.2) is 47.6 Å². The third-order valence-electron chi connectivity index (χ3n) is 3.52. The van der Waals surface area contributed by atoms with E-state index in [0.29, 0.717) is 6.04 Å². The molecule has 0 aromatic carbocycles. The molecule has 0 amide bonds. The maximum Gasteiger partial charge on any atom is 0.131 e. The summed E-state index contributed by atoms with van der Waals surface area (Å²) < 4.78 is 0. The number of nitrogens with zero attached hydrogens (tertiary/aromatic N) is 3. The van der Waals surface area contributed by atoms with Gasteiger partial charge in [0, 0.05) is 25.7 Å². The highest BCUT2D eigenvalue weighted by Gasteiger charge is 2.22. The van der Waals surface area contributed by atoms with Gasteiger partial charge in [-0.2, -0.15) is 0 Å². The lowest BCUT2D eigenvalue weighted by Gasteiger charge is -2.23. The highest BCUT2D eigenvalue weighted by molar-refractivity contribution is 5.47. The predicted octanol–water partition coefficient (Wildman–Crippen LogP) is 1.72. The van der Waals surface area contributed by atoms with Crippen LogP contribution >= 0.6 is 0 Å². The number of hydrogen-bond donors (Lipinski definition) is 2. The van der Waals surface area contributed by atoms with Crippen LogP contribution in [0.1, 0.15) is 25.6 Å². The summed E-state index contributed by atoms with van der Waals surface area (Å²) >= 11 is 0. The molecule has 2 rings (SSSR count). The van der Waals surface area contributed by atoms with Crippen molar-refractivity contribution in [2.45, 2.75) is 32.7 Å². The lowest BCUT2D eigenvalue weighted by atomic mass is 10.2. The van der Waals surface area contributed by atoms with E-state index >= 15 is 0 Å². The van der Waals surface area contributed by atoms with E-state index in [1.54, 1.807) is 0 Å². The number of rotatable bonds is 5. The van der Waals surface area contributed by atoms with E-state index in [0.717, 1.165) is 30.5 Å². The van der Waals surface area contributed by atoms with Gasteiger partial charge < -0.3 is 10.6 Å². The molecule has 2 N–H and O–H groups in total. The second-order valence-electron chi connectivity index (χ2n) is 4.74. The molecule has 0 aliphatic carbocycles. The molecular formula is C13H23N5. The summed E-state index contributed by atoms with van der Waals surface area (Å²) in [5.41, 5.74) is 0. The summed E-state index contributed by atoms with van der Waals surface area (Å²) in [6.07, 6.45) is 2.59. The third-order valence-corrected chi connectivity index (χ3v) is 3.52. The molecule has 1 unspecified atom stereocenters.